The Hall–Kier alpha value is -1.58. The number of hydrogen-bond donors (Lipinski definition) is 0. The highest BCUT2D eigenvalue weighted by molar-refractivity contribution is 5.44. The van der Waals surface area contributed by atoms with Crippen LogP contribution in [-0.2, 0) is 0 Å². The number of pyridine rings is 1. The maximum Gasteiger partial charge on any atom is 0.164 e. The van der Waals surface area contributed by atoms with E-state index in [1.54, 1.807) is 7.11 Å². The Labute approximate surface area is 82.5 Å². The molecule has 0 fully saturated rings. The van der Waals surface area contributed by atoms with E-state index in [0.29, 0.717) is 5.92 Å². The molecule has 74 valence electrons. The third-order valence-electron chi connectivity index (χ3n) is 2.16. The maximum atomic E-state index is 5.11. The van der Waals surface area contributed by atoms with Crippen LogP contribution in [0.15, 0.2) is 18.3 Å². The van der Waals surface area contributed by atoms with Gasteiger partial charge in [0.15, 0.2) is 5.65 Å². The van der Waals surface area contributed by atoms with Gasteiger partial charge in [0.1, 0.15) is 11.6 Å². The first-order valence-corrected chi connectivity index (χ1v) is 4.61. The van der Waals surface area contributed by atoms with Crippen LogP contribution in [0.4, 0.5) is 0 Å². The standard InChI is InChI=1S/C10H13N3O/c1-7(2)10-12-11-9-6-8(14-3)4-5-13(9)10/h4-7H,1-3H3. The minimum atomic E-state index is 0.374. The minimum absolute atomic E-state index is 0.374. The van der Waals surface area contributed by atoms with E-state index in [2.05, 4.69) is 24.0 Å². The van der Waals surface area contributed by atoms with Gasteiger partial charge in [-0.3, -0.25) is 4.40 Å². The second kappa shape index (κ2) is 3.29. The van der Waals surface area contributed by atoms with Crippen molar-refractivity contribution in [3.63, 3.8) is 0 Å². The lowest BCUT2D eigenvalue weighted by molar-refractivity contribution is 0.414. The van der Waals surface area contributed by atoms with E-state index in [1.165, 1.54) is 0 Å². The molecule has 2 aromatic heterocycles. The van der Waals surface area contributed by atoms with Gasteiger partial charge in [-0.1, -0.05) is 13.8 Å². The van der Waals surface area contributed by atoms with Gasteiger partial charge in [-0.2, -0.15) is 0 Å². The topological polar surface area (TPSA) is 39.4 Å². The fourth-order valence-electron chi connectivity index (χ4n) is 1.41. The molecule has 0 atom stereocenters. The number of rotatable bonds is 2. The normalized spacial score (nSPS) is 11.1. The molecule has 2 rings (SSSR count). The first-order chi connectivity index (χ1) is 6.72. The molecule has 0 saturated carbocycles. The van der Waals surface area contributed by atoms with Gasteiger partial charge in [-0.05, 0) is 6.07 Å². The van der Waals surface area contributed by atoms with Crippen molar-refractivity contribution in [3.05, 3.63) is 24.2 Å². The predicted molar refractivity (Wildman–Crippen MR) is 53.6 cm³/mol. The quantitative estimate of drug-likeness (QED) is 0.727. The first kappa shape index (κ1) is 8.99. The van der Waals surface area contributed by atoms with Crippen molar-refractivity contribution >= 4 is 5.65 Å². The summed E-state index contributed by atoms with van der Waals surface area (Å²) in [6.07, 6.45) is 1.93. The molecule has 0 amide bonds. The van der Waals surface area contributed by atoms with E-state index in [4.69, 9.17) is 4.74 Å². The third-order valence-corrected chi connectivity index (χ3v) is 2.16. The van der Waals surface area contributed by atoms with E-state index in [9.17, 15) is 0 Å². The molecule has 2 aromatic rings. The average Bonchev–Trinajstić information content (AvgIpc) is 2.59. The Morgan fingerprint density at radius 2 is 2.14 bits per heavy atom. The van der Waals surface area contributed by atoms with Crippen molar-refractivity contribution in [1.82, 2.24) is 14.6 Å². The fraction of sp³-hybridized carbons (Fsp3) is 0.400. The summed E-state index contributed by atoms with van der Waals surface area (Å²) in [6.45, 7) is 4.20. The molecule has 0 bridgehead atoms. The zero-order valence-corrected chi connectivity index (χ0v) is 8.56. The zero-order valence-electron chi connectivity index (χ0n) is 8.56. The van der Waals surface area contributed by atoms with Crippen molar-refractivity contribution in [2.45, 2.75) is 19.8 Å². The largest absolute Gasteiger partial charge is 0.497 e. The van der Waals surface area contributed by atoms with Crippen molar-refractivity contribution in [3.8, 4) is 5.75 Å². The number of fused-ring (bicyclic) bond motifs is 1. The molecule has 14 heavy (non-hydrogen) atoms. The number of aromatic nitrogens is 3. The first-order valence-electron chi connectivity index (χ1n) is 4.61. The van der Waals surface area contributed by atoms with Gasteiger partial charge in [0.2, 0.25) is 0 Å². The zero-order chi connectivity index (χ0) is 10.1. The Balaban J connectivity index is 2.59. The molecule has 0 saturated heterocycles. The van der Waals surface area contributed by atoms with Crippen LogP contribution >= 0.6 is 0 Å². The molecule has 0 aliphatic rings. The summed E-state index contributed by atoms with van der Waals surface area (Å²) in [5, 5.41) is 8.21. The molecular formula is C10H13N3O. The summed E-state index contributed by atoms with van der Waals surface area (Å²) in [6, 6.07) is 3.78. The maximum absolute atomic E-state index is 5.11. The minimum Gasteiger partial charge on any atom is -0.497 e. The van der Waals surface area contributed by atoms with Gasteiger partial charge in [-0.25, -0.2) is 0 Å². The van der Waals surface area contributed by atoms with Crippen molar-refractivity contribution in [2.24, 2.45) is 0 Å². The molecule has 0 N–H and O–H groups in total. The van der Waals surface area contributed by atoms with Gasteiger partial charge >= 0.3 is 0 Å². The average molecular weight is 191 g/mol. The van der Waals surface area contributed by atoms with Gasteiger partial charge in [0.05, 0.1) is 7.11 Å². The van der Waals surface area contributed by atoms with Gasteiger partial charge in [0, 0.05) is 18.2 Å². The third kappa shape index (κ3) is 1.32. The van der Waals surface area contributed by atoms with Crippen LogP contribution in [0.2, 0.25) is 0 Å². The summed E-state index contributed by atoms with van der Waals surface area (Å²) < 4.78 is 7.09. The number of hydrogen-bond acceptors (Lipinski definition) is 3. The molecule has 0 radical (unpaired) electrons. The molecule has 4 nitrogen and oxygen atoms in total. The van der Waals surface area contributed by atoms with Crippen LogP contribution in [0.25, 0.3) is 5.65 Å². The second-order valence-corrected chi connectivity index (χ2v) is 3.51. The number of ether oxygens (including phenoxy) is 1. The number of methoxy groups -OCH3 is 1. The Morgan fingerprint density at radius 1 is 1.36 bits per heavy atom. The fourth-order valence-corrected chi connectivity index (χ4v) is 1.41. The van der Waals surface area contributed by atoms with Gasteiger partial charge < -0.3 is 4.74 Å². The Kier molecular flexibility index (Phi) is 2.11. The molecule has 0 unspecified atom stereocenters. The van der Waals surface area contributed by atoms with Crippen LogP contribution in [0.1, 0.15) is 25.6 Å². The van der Waals surface area contributed by atoms with Gasteiger partial charge in [0.25, 0.3) is 0 Å². The Morgan fingerprint density at radius 3 is 2.79 bits per heavy atom. The predicted octanol–water partition coefficient (Wildman–Crippen LogP) is 1.86. The molecule has 0 aliphatic carbocycles. The summed E-state index contributed by atoms with van der Waals surface area (Å²) in [5.74, 6) is 2.15. The molecule has 2 heterocycles. The van der Waals surface area contributed by atoms with E-state index < -0.39 is 0 Å². The van der Waals surface area contributed by atoms with Crippen molar-refractivity contribution in [1.29, 1.82) is 0 Å². The molecular weight excluding hydrogens is 178 g/mol. The van der Waals surface area contributed by atoms with E-state index in [-0.39, 0.29) is 0 Å². The highest BCUT2D eigenvalue weighted by Gasteiger charge is 2.08. The second-order valence-electron chi connectivity index (χ2n) is 3.51. The lowest BCUT2D eigenvalue weighted by Crippen LogP contribution is -1.96. The van der Waals surface area contributed by atoms with E-state index >= 15 is 0 Å². The molecule has 0 aliphatic heterocycles. The van der Waals surface area contributed by atoms with Crippen molar-refractivity contribution < 1.29 is 4.74 Å². The monoisotopic (exact) mass is 191 g/mol. The Bertz CT molecular complexity index is 448. The lowest BCUT2D eigenvalue weighted by Gasteiger charge is -2.03. The highest BCUT2D eigenvalue weighted by Crippen LogP contribution is 2.17. The summed E-state index contributed by atoms with van der Waals surface area (Å²) in [7, 11) is 1.64. The SMILES string of the molecule is COc1ccn2c(C(C)C)nnc2c1. The van der Waals surface area contributed by atoms with E-state index in [1.807, 2.05) is 22.7 Å². The number of nitrogens with zero attached hydrogens (tertiary/aromatic N) is 3. The van der Waals surface area contributed by atoms with E-state index in [0.717, 1.165) is 17.2 Å². The summed E-state index contributed by atoms with van der Waals surface area (Å²) >= 11 is 0. The van der Waals surface area contributed by atoms with Crippen LogP contribution in [-0.4, -0.2) is 21.7 Å². The smallest absolute Gasteiger partial charge is 0.164 e. The van der Waals surface area contributed by atoms with Crippen molar-refractivity contribution in [2.75, 3.05) is 7.11 Å². The summed E-state index contributed by atoms with van der Waals surface area (Å²) in [4.78, 5) is 0. The van der Waals surface area contributed by atoms with Crippen LogP contribution in [0.3, 0.4) is 0 Å². The summed E-state index contributed by atoms with van der Waals surface area (Å²) in [5.41, 5.74) is 0.827. The van der Waals surface area contributed by atoms with Gasteiger partial charge in [-0.15, -0.1) is 10.2 Å². The van der Waals surface area contributed by atoms with Crippen LogP contribution in [0.5, 0.6) is 5.75 Å². The molecule has 0 spiro atoms. The molecule has 0 aromatic carbocycles. The van der Waals surface area contributed by atoms with Crippen LogP contribution < -0.4 is 4.74 Å². The van der Waals surface area contributed by atoms with Crippen LogP contribution in [0, 0.1) is 0 Å². The highest BCUT2D eigenvalue weighted by atomic mass is 16.5. The lowest BCUT2D eigenvalue weighted by atomic mass is 10.2. The molecule has 4 heteroatoms.